The third kappa shape index (κ3) is 3.20. The highest BCUT2D eigenvalue weighted by Crippen LogP contribution is 2.37. The molecule has 1 saturated carbocycles. The zero-order chi connectivity index (χ0) is 20.0. The van der Waals surface area contributed by atoms with Gasteiger partial charge in [0.25, 0.3) is 11.5 Å². The van der Waals surface area contributed by atoms with Gasteiger partial charge in [-0.2, -0.15) is 0 Å². The van der Waals surface area contributed by atoms with Crippen LogP contribution in [0.1, 0.15) is 30.1 Å². The Kier molecular flexibility index (Phi) is 4.71. The molecule has 148 valence electrons. The second-order valence-electron chi connectivity index (χ2n) is 8.06. The van der Waals surface area contributed by atoms with E-state index >= 15 is 0 Å². The summed E-state index contributed by atoms with van der Waals surface area (Å²) in [6, 6.07) is 8.90. The Labute approximate surface area is 162 Å². The standard InChI is InChI=1S/C21H25N3O4/c1-12(25)22-17-8-14-10-24(11-15(14)9-19(17)26)21(28)16-7-13-5-3-4-6-18(13)23(2)20(16)27/h3-7,14-15,17,19,26H,8-11H2,1-2H3,(H,22,25)/t14-,15+,17-,19-/m1/s1. The number of carbonyl (C=O) groups is 2. The molecule has 28 heavy (non-hydrogen) atoms. The molecule has 2 aliphatic rings. The van der Waals surface area contributed by atoms with Crippen LogP contribution < -0.4 is 10.9 Å². The van der Waals surface area contributed by atoms with E-state index < -0.39 is 6.10 Å². The maximum absolute atomic E-state index is 13.1. The molecule has 0 spiro atoms. The number of aromatic nitrogens is 1. The summed E-state index contributed by atoms with van der Waals surface area (Å²) < 4.78 is 1.52. The summed E-state index contributed by atoms with van der Waals surface area (Å²) >= 11 is 0. The number of nitrogens with one attached hydrogen (secondary N) is 1. The molecule has 4 atom stereocenters. The van der Waals surface area contributed by atoms with Crippen LogP contribution in [0.5, 0.6) is 0 Å². The fourth-order valence-electron chi connectivity index (χ4n) is 4.76. The molecule has 0 radical (unpaired) electrons. The first-order valence-corrected chi connectivity index (χ1v) is 9.68. The number of aliphatic hydroxyl groups is 1. The van der Waals surface area contributed by atoms with Crippen molar-refractivity contribution in [1.29, 1.82) is 0 Å². The van der Waals surface area contributed by atoms with Crippen LogP contribution in [0.25, 0.3) is 10.9 Å². The van der Waals surface area contributed by atoms with Crippen molar-refractivity contribution in [2.45, 2.75) is 31.9 Å². The van der Waals surface area contributed by atoms with E-state index in [-0.39, 0.29) is 40.8 Å². The maximum atomic E-state index is 13.1. The molecule has 7 heteroatoms. The average molecular weight is 383 g/mol. The topological polar surface area (TPSA) is 91.6 Å². The normalized spacial score (nSPS) is 26.9. The number of rotatable bonds is 2. The molecule has 2 heterocycles. The van der Waals surface area contributed by atoms with Gasteiger partial charge in [0.15, 0.2) is 0 Å². The first-order chi connectivity index (χ1) is 13.3. The van der Waals surface area contributed by atoms with E-state index in [0.717, 1.165) is 10.9 Å². The van der Waals surface area contributed by atoms with Crippen LogP contribution >= 0.6 is 0 Å². The number of carbonyl (C=O) groups excluding carboxylic acids is 2. The molecule has 1 saturated heterocycles. The summed E-state index contributed by atoms with van der Waals surface area (Å²) in [5, 5.41) is 14.0. The molecular weight excluding hydrogens is 358 g/mol. The SMILES string of the molecule is CC(=O)N[C@@H]1C[C@@H]2CN(C(=O)c3cc4ccccc4n(C)c3=O)C[C@@H]2C[C@H]1O. The minimum absolute atomic E-state index is 0.159. The molecule has 0 unspecified atom stereocenters. The van der Waals surface area contributed by atoms with Gasteiger partial charge in [-0.3, -0.25) is 14.4 Å². The number of hydrogen-bond donors (Lipinski definition) is 2. The fraction of sp³-hybridized carbons (Fsp3) is 0.476. The summed E-state index contributed by atoms with van der Waals surface area (Å²) in [5.41, 5.74) is 0.675. The minimum atomic E-state index is -0.603. The number of benzene rings is 1. The lowest BCUT2D eigenvalue weighted by Gasteiger charge is -2.35. The quantitative estimate of drug-likeness (QED) is 0.806. The Balaban J connectivity index is 1.57. The van der Waals surface area contributed by atoms with Gasteiger partial charge in [-0.25, -0.2) is 0 Å². The van der Waals surface area contributed by atoms with Crippen molar-refractivity contribution >= 4 is 22.7 Å². The van der Waals surface area contributed by atoms with E-state index in [9.17, 15) is 19.5 Å². The van der Waals surface area contributed by atoms with E-state index in [1.807, 2.05) is 24.3 Å². The van der Waals surface area contributed by atoms with Crippen molar-refractivity contribution in [3.05, 3.63) is 46.2 Å². The molecule has 4 rings (SSSR count). The molecule has 0 bridgehead atoms. The maximum Gasteiger partial charge on any atom is 0.263 e. The first kappa shape index (κ1) is 18.7. The van der Waals surface area contributed by atoms with Gasteiger partial charge in [0, 0.05) is 27.1 Å². The van der Waals surface area contributed by atoms with Crippen LogP contribution in [0.2, 0.25) is 0 Å². The second-order valence-corrected chi connectivity index (χ2v) is 8.06. The lowest BCUT2D eigenvalue weighted by molar-refractivity contribution is -0.121. The zero-order valence-electron chi connectivity index (χ0n) is 16.1. The predicted molar refractivity (Wildman–Crippen MR) is 105 cm³/mol. The van der Waals surface area contributed by atoms with Gasteiger partial charge < -0.3 is 19.9 Å². The van der Waals surface area contributed by atoms with Crippen molar-refractivity contribution in [2.24, 2.45) is 18.9 Å². The van der Waals surface area contributed by atoms with Gasteiger partial charge in [-0.05, 0) is 42.2 Å². The Morgan fingerprint density at radius 1 is 1.14 bits per heavy atom. The number of likely N-dealkylation sites (tertiary alicyclic amines) is 1. The molecule has 2 amide bonds. The van der Waals surface area contributed by atoms with E-state index in [4.69, 9.17) is 0 Å². The Morgan fingerprint density at radius 2 is 1.82 bits per heavy atom. The zero-order valence-corrected chi connectivity index (χ0v) is 16.1. The molecule has 1 aliphatic heterocycles. The molecule has 1 aromatic carbocycles. The Bertz CT molecular complexity index is 999. The van der Waals surface area contributed by atoms with Crippen molar-refractivity contribution in [2.75, 3.05) is 13.1 Å². The third-order valence-electron chi connectivity index (χ3n) is 6.18. The molecule has 2 aromatic rings. The Morgan fingerprint density at radius 3 is 2.54 bits per heavy atom. The van der Waals surface area contributed by atoms with Crippen molar-refractivity contribution < 1.29 is 14.7 Å². The van der Waals surface area contributed by atoms with Crippen molar-refractivity contribution in [1.82, 2.24) is 14.8 Å². The van der Waals surface area contributed by atoms with Crippen LogP contribution in [0.15, 0.2) is 35.1 Å². The van der Waals surface area contributed by atoms with E-state index in [0.29, 0.717) is 25.9 Å². The number of pyridine rings is 1. The highest BCUT2D eigenvalue weighted by atomic mass is 16.3. The number of hydrogen-bond acceptors (Lipinski definition) is 4. The Hall–Kier alpha value is -2.67. The summed E-state index contributed by atoms with van der Waals surface area (Å²) in [4.78, 5) is 39.0. The number of para-hydroxylation sites is 1. The monoisotopic (exact) mass is 383 g/mol. The van der Waals surface area contributed by atoms with Gasteiger partial charge in [-0.15, -0.1) is 0 Å². The first-order valence-electron chi connectivity index (χ1n) is 9.68. The molecule has 1 aliphatic carbocycles. The summed E-state index contributed by atoms with van der Waals surface area (Å²) in [6.07, 6.45) is 0.591. The van der Waals surface area contributed by atoms with Gasteiger partial charge in [-0.1, -0.05) is 18.2 Å². The van der Waals surface area contributed by atoms with Crippen LogP contribution in [0.3, 0.4) is 0 Å². The van der Waals surface area contributed by atoms with E-state index in [1.54, 1.807) is 18.0 Å². The van der Waals surface area contributed by atoms with Crippen molar-refractivity contribution in [3.63, 3.8) is 0 Å². The van der Waals surface area contributed by atoms with Crippen LogP contribution in [-0.4, -0.2) is 51.6 Å². The molecule has 7 nitrogen and oxygen atoms in total. The molecule has 2 fully saturated rings. The number of amides is 2. The lowest BCUT2D eigenvalue weighted by atomic mass is 9.77. The highest BCUT2D eigenvalue weighted by molar-refractivity contribution is 5.97. The van der Waals surface area contributed by atoms with Gasteiger partial charge in [0.2, 0.25) is 5.91 Å². The van der Waals surface area contributed by atoms with E-state index in [2.05, 4.69) is 5.32 Å². The number of nitrogens with zero attached hydrogens (tertiary/aromatic N) is 2. The predicted octanol–water partition coefficient (Wildman–Crippen LogP) is 0.886. The average Bonchev–Trinajstić information content (AvgIpc) is 3.06. The molecule has 1 aromatic heterocycles. The minimum Gasteiger partial charge on any atom is -0.391 e. The highest BCUT2D eigenvalue weighted by Gasteiger charge is 2.43. The van der Waals surface area contributed by atoms with Gasteiger partial charge >= 0.3 is 0 Å². The van der Waals surface area contributed by atoms with E-state index in [1.165, 1.54) is 11.5 Å². The van der Waals surface area contributed by atoms with Crippen LogP contribution in [0, 0.1) is 11.8 Å². The molecule has 2 N–H and O–H groups in total. The van der Waals surface area contributed by atoms with Crippen LogP contribution in [0.4, 0.5) is 0 Å². The van der Waals surface area contributed by atoms with Gasteiger partial charge in [0.1, 0.15) is 5.56 Å². The number of fused-ring (bicyclic) bond motifs is 2. The van der Waals surface area contributed by atoms with Gasteiger partial charge in [0.05, 0.1) is 17.7 Å². The summed E-state index contributed by atoms with van der Waals surface area (Å²) in [7, 11) is 1.68. The smallest absolute Gasteiger partial charge is 0.263 e. The summed E-state index contributed by atoms with van der Waals surface area (Å²) in [6.45, 7) is 2.52. The van der Waals surface area contributed by atoms with Crippen molar-refractivity contribution in [3.8, 4) is 0 Å². The largest absolute Gasteiger partial charge is 0.391 e. The fourth-order valence-corrected chi connectivity index (χ4v) is 4.76. The molecular formula is C21H25N3O4. The van der Waals surface area contributed by atoms with Crippen LogP contribution in [-0.2, 0) is 11.8 Å². The third-order valence-corrected chi connectivity index (χ3v) is 6.18. The second kappa shape index (κ2) is 7.05. The lowest BCUT2D eigenvalue weighted by Crippen LogP contribution is -2.48. The number of aliphatic hydroxyl groups excluding tert-OH is 1. The number of aryl methyl sites for hydroxylation is 1. The summed E-state index contributed by atoms with van der Waals surface area (Å²) in [5.74, 6) is -0.0128.